The number of halogens is 1. The maximum absolute atomic E-state index is 13.0. The van der Waals surface area contributed by atoms with Gasteiger partial charge in [-0.1, -0.05) is 23.7 Å². The second-order valence-electron chi connectivity index (χ2n) is 8.27. The molecule has 0 aliphatic carbocycles. The zero-order valence-corrected chi connectivity index (χ0v) is 18.2. The van der Waals surface area contributed by atoms with Crippen molar-refractivity contribution >= 4 is 40.6 Å². The minimum absolute atomic E-state index is 0.0304. The van der Waals surface area contributed by atoms with E-state index < -0.39 is 0 Å². The summed E-state index contributed by atoms with van der Waals surface area (Å²) in [6.45, 7) is 3.09. The monoisotopic (exact) mass is 441 g/mol. The van der Waals surface area contributed by atoms with Gasteiger partial charge in [-0.05, 0) is 49.9 Å². The Balaban J connectivity index is 1.35. The number of nitrogens with zero attached hydrogens (tertiary/aromatic N) is 3. The van der Waals surface area contributed by atoms with Gasteiger partial charge in [-0.2, -0.15) is 0 Å². The van der Waals surface area contributed by atoms with Crippen LogP contribution in [-0.4, -0.2) is 43.0 Å². The van der Waals surface area contributed by atoms with Gasteiger partial charge in [-0.15, -0.1) is 0 Å². The van der Waals surface area contributed by atoms with Gasteiger partial charge < -0.3 is 20.9 Å². The number of nitrogens with one attached hydrogen (secondary N) is 1. The zero-order chi connectivity index (χ0) is 21.8. The Morgan fingerprint density at radius 1 is 0.935 bits per heavy atom. The SMILES string of the molecule is NC(=O)C1CCN(c2ccccc2NC(=O)C2CCN(c3ccc(Cl)cn3)CC2)CC1. The van der Waals surface area contributed by atoms with Crippen molar-refractivity contribution in [2.75, 3.05) is 41.3 Å². The molecule has 0 atom stereocenters. The van der Waals surface area contributed by atoms with Gasteiger partial charge in [-0.3, -0.25) is 9.59 Å². The quantitative estimate of drug-likeness (QED) is 0.742. The minimum atomic E-state index is -0.221. The molecule has 1 aromatic carbocycles. The Labute approximate surface area is 187 Å². The van der Waals surface area contributed by atoms with Crippen LogP contribution in [0, 0.1) is 11.8 Å². The lowest BCUT2D eigenvalue weighted by molar-refractivity contribution is -0.122. The van der Waals surface area contributed by atoms with Crippen molar-refractivity contribution in [1.29, 1.82) is 0 Å². The summed E-state index contributed by atoms with van der Waals surface area (Å²) >= 11 is 5.92. The molecule has 164 valence electrons. The Bertz CT molecular complexity index is 920. The van der Waals surface area contributed by atoms with E-state index in [1.54, 1.807) is 6.20 Å². The second kappa shape index (κ2) is 9.56. The molecule has 4 rings (SSSR count). The summed E-state index contributed by atoms with van der Waals surface area (Å²) in [6.07, 6.45) is 4.70. The number of para-hydroxylation sites is 2. The first-order chi connectivity index (χ1) is 15.0. The van der Waals surface area contributed by atoms with Crippen molar-refractivity contribution in [2.24, 2.45) is 17.6 Å². The van der Waals surface area contributed by atoms with Gasteiger partial charge in [0.1, 0.15) is 5.82 Å². The molecule has 2 aromatic rings. The number of rotatable bonds is 5. The molecule has 7 nitrogen and oxygen atoms in total. The number of carbonyl (C=O) groups excluding carboxylic acids is 2. The summed E-state index contributed by atoms with van der Waals surface area (Å²) in [6, 6.07) is 11.6. The minimum Gasteiger partial charge on any atom is -0.370 e. The molecule has 8 heteroatoms. The Kier molecular flexibility index (Phi) is 6.61. The van der Waals surface area contributed by atoms with E-state index in [1.807, 2.05) is 36.4 Å². The number of carbonyl (C=O) groups is 2. The van der Waals surface area contributed by atoms with Crippen molar-refractivity contribution in [1.82, 2.24) is 4.98 Å². The van der Waals surface area contributed by atoms with Gasteiger partial charge in [0.15, 0.2) is 0 Å². The second-order valence-corrected chi connectivity index (χ2v) is 8.70. The molecule has 0 unspecified atom stereocenters. The van der Waals surface area contributed by atoms with Crippen LogP contribution in [0.2, 0.25) is 5.02 Å². The molecule has 2 aliphatic rings. The van der Waals surface area contributed by atoms with E-state index >= 15 is 0 Å². The predicted octanol–water partition coefficient (Wildman–Crippen LogP) is 3.29. The van der Waals surface area contributed by atoms with Crippen molar-refractivity contribution in [3.8, 4) is 0 Å². The summed E-state index contributed by atoms with van der Waals surface area (Å²) in [5, 5.41) is 3.77. The number of benzene rings is 1. The molecule has 3 N–H and O–H groups in total. The number of pyridine rings is 1. The van der Waals surface area contributed by atoms with Crippen molar-refractivity contribution in [3.05, 3.63) is 47.6 Å². The highest BCUT2D eigenvalue weighted by Gasteiger charge is 2.28. The third kappa shape index (κ3) is 5.10. The lowest BCUT2D eigenvalue weighted by Gasteiger charge is -2.34. The van der Waals surface area contributed by atoms with Crippen molar-refractivity contribution < 1.29 is 9.59 Å². The van der Waals surface area contributed by atoms with Crippen LogP contribution < -0.4 is 20.9 Å². The predicted molar refractivity (Wildman–Crippen MR) is 123 cm³/mol. The van der Waals surface area contributed by atoms with Crippen LogP contribution in [0.15, 0.2) is 42.6 Å². The van der Waals surface area contributed by atoms with E-state index in [4.69, 9.17) is 17.3 Å². The van der Waals surface area contributed by atoms with Gasteiger partial charge in [0, 0.05) is 44.2 Å². The molecule has 31 heavy (non-hydrogen) atoms. The van der Waals surface area contributed by atoms with Gasteiger partial charge in [-0.25, -0.2) is 4.98 Å². The molecule has 2 amide bonds. The molecule has 2 fully saturated rings. The van der Waals surface area contributed by atoms with E-state index in [2.05, 4.69) is 20.1 Å². The molecular formula is C23H28ClN5O2. The Morgan fingerprint density at radius 3 is 2.23 bits per heavy atom. The van der Waals surface area contributed by atoms with Gasteiger partial charge in [0.05, 0.1) is 16.4 Å². The molecular weight excluding hydrogens is 414 g/mol. The highest BCUT2D eigenvalue weighted by atomic mass is 35.5. The largest absolute Gasteiger partial charge is 0.370 e. The summed E-state index contributed by atoms with van der Waals surface area (Å²) in [4.78, 5) is 33.2. The molecule has 0 bridgehead atoms. The molecule has 2 saturated heterocycles. The van der Waals surface area contributed by atoms with Crippen LogP contribution in [0.4, 0.5) is 17.2 Å². The summed E-state index contributed by atoms with van der Waals surface area (Å²) in [5.41, 5.74) is 7.28. The van der Waals surface area contributed by atoms with Crippen LogP contribution in [-0.2, 0) is 9.59 Å². The van der Waals surface area contributed by atoms with Crippen LogP contribution >= 0.6 is 11.6 Å². The maximum Gasteiger partial charge on any atom is 0.227 e. The highest BCUT2D eigenvalue weighted by Crippen LogP contribution is 2.31. The van der Waals surface area contributed by atoms with Gasteiger partial charge in [0.2, 0.25) is 11.8 Å². The molecule has 1 aromatic heterocycles. The Morgan fingerprint density at radius 2 is 1.58 bits per heavy atom. The van der Waals surface area contributed by atoms with Crippen LogP contribution in [0.5, 0.6) is 0 Å². The van der Waals surface area contributed by atoms with E-state index in [0.29, 0.717) is 5.02 Å². The van der Waals surface area contributed by atoms with E-state index in [0.717, 1.165) is 69.1 Å². The number of nitrogens with two attached hydrogens (primary N) is 1. The highest BCUT2D eigenvalue weighted by molar-refractivity contribution is 6.30. The van der Waals surface area contributed by atoms with Crippen molar-refractivity contribution in [2.45, 2.75) is 25.7 Å². The molecule has 3 heterocycles. The number of anilines is 3. The number of hydrogen-bond acceptors (Lipinski definition) is 5. The average Bonchev–Trinajstić information content (AvgIpc) is 2.80. The lowest BCUT2D eigenvalue weighted by atomic mass is 9.95. The summed E-state index contributed by atoms with van der Waals surface area (Å²) in [5.74, 6) is 0.646. The third-order valence-corrected chi connectivity index (χ3v) is 6.53. The molecule has 0 spiro atoms. The fraction of sp³-hybridized carbons (Fsp3) is 0.435. The first-order valence-electron chi connectivity index (χ1n) is 10.8. The first kappa shape index (κ1) is 21.4. The number of aromatic nitrogens is 1. The molecule has 0 radical (unpaired) electrons. The topological polar surface area (TPSA) is 91.6 Å². The standard InChI is InChI=1S/C23H28ClN5O2/c24-18-5-6-21(26-15-18)29-13-9-17(10-14-29)23(31)27-19-3-1-2-4-20(19)28-11-7-16(8-12-28)22(25)30/h1-6,15-17H,7-14H2,(H2,25,30)(H,27,31). The van der Waals surface area contributed by atoms with E-state index in [-0.39, 0.29) is 23.7 Å². The Hall–Kier alpha value is -2.80. The van der Waals surface area contributed by atoms with E-state index in [1.165, 1.54) is 0 Å². The number of piperidine rings is 2. The molecule has 2 aliphatic heterocycles. The number of hydrogen-bond donors (Lipinski definition) is 2. The van der Waals surface area contributed by atoms with Crippen LogP contribution in [0.3, 0.4) is 0 Å². The number of primary amides is 1. The summed E-state index contributed by atoms with van der Waals surface area (Å²) in [7, 11) is 0. The maximum atomic E-state index is 13.0. The first-order valence-corrected chi connectivity index (χ1v) is 11.2. The third-order valence-electron chi connectivity index (χ3n) is 6.30. The van der Waals surface area contributed by atoms with E-state index in [9.17, 15) is 9.59 Å². The average molecular weight is 442 g/mol. The lowest BCUT2D eigenvalue weighted by Crippen LogP contribution is -2.40. The normalized spacial score (nSPS) is 18.1. The number of amides is 2. The van der Waals surface area contributed by atoms with Crippen LogP contribution in [0.25, 0.3) is 0 Å². The summed E-state index contributed by atoms with van der Waals surface area (Å²) < 4.78 is 0. The van der Waals surface area contributed by atoms with Gasteiger partial charge >= 0.3 is 0 Å². The van der Waals surface area contributed by atoms with Crippen LogP contribution in [0.1, 0.15) is 25.7 Å². The fourth-order valence-corrected chi connectivity index (χ4v) is 4.53. The van der Waals surface area contributed by atoms with Crippen molar-refractivity contribution in [3.63, 3.8) is 0 Å². The smallest absolute Gasteiger partial charge is 0.227 e. The fourth-order valence-electron chi connectivity index (χ4n) is 4.42. The van der Waals surface area contributed by atoms with Gasteiger partial charge in [0.25, 0.3) is 0 Å². The molecule has 0 saturated carbocycles. The zero-order valence-electron chi connectivity index (χ0n) is 17.5.